The van der Waals surface area contributed by atoms with Gasteiger partial charge in [-0.05, 0) is 40.5 Å². The van der Waals surface area contributed by atoms with Gasteiger partial charge in [-0.25, -0.2) is 9.78 Å². The highest BCUT2D eigenvalue weighted by atomic mass is 16.4. The molecule has 5 aromatic rings. The number of benzene rings is 2. The number of imidazole rings is 1. The van der Waals surface area contributed by atoms with Gasteiger partial charge in [0.2, 0.25) is 5.82 Å². The van der Waals surface area contributed by atoms with Crippen molar-refractivity contribution < 1.29 is 14.3 Å². The molecule has 0 bridgehead atoms. The number of aryl methyl sites for hydroxylation is 1. The van der Waals surface area contributed by atoms with Crippen molar-refractivity contribution in [2.75, 3.05) is 0 Å². The largest absolute Gasteiger partial charge is 0.478 e. The summed E-state index contributed by atoms with van der Waals surface area (Å²) >= 11 is 0. The smallest absolute Gasteiger partial charge is 0.339 e. The summed E-state index contributed by atoms with van der Waals surface area (Å²) in [6.45, 7) is 2.61. The number of aromatic nitrogens is 6. The van der Waals surface area contributed by atoms with E-state index < -0.39 is 5.97 Å². The monoisotopic (exact) mass is 468 g/mol. The Bertz CT molecular complexity index is 1440. The molecule has 0 aliphatic heterocycles. The lowest BCUT2D eigenvalue weighted by atomic mass is 9.97. The van der Waals surface area contributed by atoms with Crippen LogP contribution in [-0.2, 0) is 13.0 Å². The van der Waals surface area contributed by atoms with Crippen LogP contribution in [0.5, 0.6) is 0 Å². The Labute approximate surface area is 201 Å². The highest BCUT2D eigenvalue weighted by molar-refractivity contribution is 5.93. The first-order valence-corrected chi connectivity index (χ1v) is 11.4. The van der Waals surface area contributed by atoms with Crippen molar-refractivity contribution >= 4 is 5.97 Å². The van der Waals surface area contributed by atoms with Gasteiger partial charge in [0, 0.05) is 18.5 Å². The van der Waals surface area contributed by atoms with Gasteiger partial charge in [-0.15, -0.1) is 10.2 Å². The molecule has 9 nitrogen and oxygen atoms in total. The highest BCUT2D eigenvalue weighted by Gasteiger charge is 2.22. The van der Waals surface area contributed by atoms with Gasteiger partial charge in [0.05, 0.1) is 12.5 Å². The van der Waals surface area contributed by atoms with E-state index in [0.717, 1.165) is 47.3 Å². The number of hydrogen-bond acceptors (Lipinski definition) is 6. The van der Waals surface area contributed by atoms with E-state index in [1.165, 1.54) is 12.3 Å². The second-order valence-corrected chi connectivity index (χ2v) is 8.20. The van der Waals surface area contributed by atoms with Crippen molar-refractivity contribution in [2.24, 2.45) is 0 Å². The van der Waals surface area contributed by atoms with E-state index in [4.69, 9.17) is 4.42 Å². The number of carbonyl (C=O) groups is 1. The number of nitrogens with one attached hydrogen (secondary N) is 1. The maximum Gasteiger partial charge on any atom is 0.339 e. The van der Waals surface area contributed by atoms with Crippen LogP contribution in [0.15, 0.2) is 71.5 Å². The van der Waals surface area contributed by atoms with E-state index in [9.17, 15) is 9.90 Å². The van der Waals surface area contributed by atoms with Crippen molar-refractivity contribution in [1.29, 1.82) is 0 Å². The third kappa shape index (κ3) is 4.48. The fourth-order valence-electron chi connectivity index (χ4n) is 4.18. The molecule has 0 saturated carbocycles. The summed E-state index contributed by atoms with van der Waals surface area (Å²) in [6.07, 6.45) is 5.86. The van der Waals surface area contributed by atoms with E-state index in [1.807, 2.05) is 47.0 Å². The Balaban J connectivity index is 1.59. The van der Waals surface area contributed by atoms with Gasteiger partial charge in [0.15, 0.2) is 5.76 Å². The Hall–Kier alpha value is -4.53. The Kier molecular flexibility index (Phi) is 6.21. The number of carboxylic acid groups (broad SMARTS) is 1. The van der Waals surface area contributed by atoms with Crippen LogP contribution in [0, 0.1) is 0 Å². The van der Waals surface area contributed by atoms with Crippen LogP contribution in [0.4, 0.5) is 0 Å². The van der Waals surface area contributed by atoms with Crippen LogP contribution in [0.1, 0.15) is 41.5 Å². The number of aromatic carboxylic acids is 1. The maximum absolute atomic E-state index is 11.7. The normalized spacial score (nSPS) is 11.1. The molecule has 3 aromatic heterocycles. The second-order valence-electron chi connectivity index (χ2n) is 8.20. The van der Waals surface area contributed by atoms with Gasteiger partial charge in [0.25, 0.3) is 0 Å². The summed E-state index contributed by atoms with van der Waals surface area (Å²) in [4.78, 5) is 16.4. The number of unbranched alkanes of at least 4 members (excludes halogenated alkanes) is 1. The predicted molar refractivity (Wildman–Crippen MR) is 130 cm³/mol. The topological polar surface area (TPSA) is 123 Å². The second kappa shape index (κ2) is 9.76. The maximum atomic E-state index is 11.7. The van der Waals surface area contributed by atoms with Gasteiger partial charge in [-0.3, -0.25) is 0 Å². The molecule has 0 saturated heterocycles. The van der Waals surface area contributed by atoms with E-state index in [2.05, 4.69) is 38.6 Å². The quantitative estimate of drug-likeness (QED) is 0.309. The minimum absolute atomic E-state index is 0.111. The van der Waals surface area contributed by atoms with Gasteiger partial charge in [-0.1, -0.05) is 55.8 Å². The molecule has 0 radical (unpaired) electrons. The number of carboxylic acids is 1. The lowest BCUT2D eigenvalue weighted by Gasteiger charge is -2.14. The summed E-state index contributed by atoms with van der Waals surface area (Å²) in [5, 5.41) is 24.3. The molecule has 0 unspecified atom stereocenters. The SMILES string of the molecule is CCCCc1ncc(-c2occc2C(=O)O)n1Cc1ccc(-c2ccccc2)c(-c2nn[nH]n2)c1. The number of tetrazole rings is 1. The van der Waals surface area contributed by atoms with Crippen LogP contribution in [0.2, 0.25) is 0 Å². The number of aromatic amines is 1. The molecule has 2 N–H and O–H groups in total. The standard InChI is InChI=1S/C26H24N6O3/c1-2-3-9-23-27-15-22(24-20(26(33)34)12-13-35-24)32(23)16-17-10-11-19(18-7-5-4-6-8-18)21(14-17)25-28-30-31-29-25/h4-8,10-15H,2-3,9,16H2,1H3,(H,33,34)(H,28,29,30,31). The van der Waals surface area contributed by atoms with Crippen molar-refractivity contribution in [2.45, 2.75) is 32.7 Å². The van der Waals surface area contributed by atoms with Gasteiger partial charge in [-0.2, -0.15) is 5.21 Å². The first kappa shape index (κ1) is 22.3. The molecule has 2 aromatic carbocycles. The van der Waals surface area contributed by atoms with Crippen molar-refractivity contribution in [1.82, 2.24) is 30.2 Å². The molecule has 0 aliphatic carbocycles. The van der Waals surface area contributed by atoms with E-state index in [0.29, 0.717) is 23.8 Å². The number of rotatable bonds is 9. The van der Waals surface area contributed by atoms with Crippen molar-refractivity contribution in [3.05, 3.63) is 84.0 Å². The molecule has 3 heterocycles. The van der Waals surface area contributed by atoms with Gasteiger partial charge >= 0.3 is 5.97 Å². The van der Waals surface area contributed by atoms with E-state index >= 15 is 0 Å². The van der Waals surface area contributed by atoms with Gasteiger partial charge in [0.1, 0.15) is 17.1 Å². The summed E-state index contributed by atoms with van der Waals surface area (Å²) in [7, 11) is 0. The summed E-state index contributed by atoms with van der Waals surface area (Å²) in [5.74, 6) is 0.639. The zero-order valence-electron chi connectivity index (χ0n) is 19.2. The Morgan fingerprint density at radius 1 is 1.11 bits per heavy atom. The van der Waals surface area contributed by atoms with Crippen LogP contribution in [-0.4, -0.2) is 41.3 Å². The molecule has 176 valence electrons. The highest BCUT2D eigenvalue weighted by Crippen LogP contribution is 2.32. The first-order chi connectivity index (χ1) is 17.2. The average molecular weight is 469 g/mol. The van der Waals surface area contributed by atoms with Crippen LogP contribution in [0.3, 0.4) is 0 Å². The minimum Gasteiger partial charge on any atom is -0.478 e. The fourth-order valence-corrected chi connectivity index (χ4v) is 4.18. The number of H-pyrrole nitrogens is 1. The lowest BCUT2D eigenvalue weighted by Crippen LogP contribution is -2.08. The molecule has 0 aliphatic rings. The molecule has 0 fully saturated rings. The molecule has 5 rings (SSSR count). The number of nitrogens with zero attached hydrogens (tertiary/aromatic N) is 5. The van der Waals surface area contributed by atoms with Crippen molar-refractivity contribution in [3.63, 3.8) is 0 Å². The molecule has 9 heteroatoms. The number of hydrogen-bond donors (Lipinski definition) is 2. The summed E-state index contributed by atoms with van der Waals surface area (Å²) in [5.41, 5.74) is 4.62. The summed E-state index contributed by atoms with van der Waals surface area (Å²) < 4.78 is 7.62. The van der Waals surface area contributed by atoms with E-state index in [-0.39, 0.29) is 5.56 Å². The third-order valence-electron chi connectivity index (χ3n) is 5.92. The summed E-state index contributed by atoms with van der Waals surface area (Å²) in [6, 6.07) is 17.6. The molecule has 35 heavy (non-hydrogen) atoms. The molecular formula is C26H24N6O3. The van der Waals surface area contributed by atoms with E-state index in [1.54, 1.807) is 6.20 Å². The minimum atomic E-state index is -1.04. The van der Waals surface area contributed by atoms with Gasteiger partial charge < -0.3 is 14.1 Å². The molecule has 0 atom stereocenters. The molecule has 0 amide bonds. The zero-order valence-corrected chi connectivity index (χ0v) is 19.2. The van der Waals surface area contributed by atoms with Crippen LogP contribution >= 0.6 is 0 Å². The predicted octanol–water partition coefficient (Wildman–Crippen LogP) is 5.08. The first-order valence-electron chi connectivity index (χ1n) is 11.4. The zero-order chi connectivity index (χ0) is 24.2. The lowest BCUT2D eigenvalue weighted by molar-refractivity contribution is 0.0697. The Morgan fingerprint density at radius 3 is 2.71 bits per heavy atom. The van der Waals surface area contributed by atoms with Crippen LogP contribution in [0.25, 0.3) is 34.0 Å². The number of furan rings is 1. The van der Waals surface area contributed by atoms with Crippen molar-refractivity contribution in [3.8, 4) is 34.0 Å². The molecular weight excluding hydrogens is 444 g/mol. The third-order valence-corrected chi connectivity index (χ3v) is 5.92. The average Bonchev–Trinajstić information content (AvgIpc) is 3.64. The molecule has 0 spiro atoms. The Morgan fingerprint density at radius 2 is 1.97 bits per heavy atom. The fraction of sp³-hybridized carbons (Fsp3) is 0.192. The van der Waals surface area contributed by atoms with Crippen LogP contribution < -0.4 is 0 Å².